The van der Waals surface area contributed by atoms with Crippen LogP contribution in [0.25, 0.3) is 11.4 Å². The van der Waals surface area contributed by atoms with Gasteiger partial charge in [-0.25, -0.2) is 9.48 Å². The second-order valence-corrected chi connectivity index (χ2v) is 8.32. The van der Waals surface area contributed by atoms with Crippen molar-refractivity contribution in [2.75, 3.05) is 44.1 Å². The zero-order valence-corrected chi connectivity index (χ0v) is 21.7. The van der Waals surface area contributed by atoms with Gasteiger partial charge in [0.2, 0.25) is 5.95 Å². The van der Waals surface area contributed by atoms with Gasteiger partial charge in [-0.3, -0.25) is 0 Å². The fourth-order valence-corrected chi connectivity index (χ4v) is 4.49. The zero-order chi connectivity index (χ0) is 25.8. The van der Waals surface area contributed by atoms with Gasteiger partial charge in [-0.2, -0.15) is 4.98 Å². The fraction of sp³-hybridized carbons (Fsp3) is 0.370. The topological polar surface area (TPSA) is 90.7 Å². The smallest absolute Gasteiger partial charge is 0.338 e. The van der Waals surface area contributed by atoms with E-state index in [1.165, 1.54) is 0 Å². The van der Waals surface area contributed by atoms with Crippen LogP contribution < -0.4 is 19.7 Å². The number of carbonyl (C=O) groups excluding carboxylic acids is 1. The van der Waals surface area contributed by atoms with Gasteiger partial charge < -0.3 is 24.4 Å². The van der Waals surface area contributed by atoms with Gasteiger partial charge in [0.15, 0.2) is 17.3 Å². The van der Waals surface area contributed by atoms with Gasteiger partial charge in [-0.15, -0.1) is 5.10 Å². The average molecular weight is 492 g/mol. The molecule has 0 saturated heterocycles. The van der Waals surface area contributed by atoms with E-state index >= 15 is 0 Å². The summed E-state index contributed by atoms with van der Waals surface area (Å²) in [6.45, 7) is 10.0. The highest BCUT2D eigenvalue weighted by atomic mass is 16.5. The highest BCUT2D eigenvalue weighted by molar-refractivity contribution is 5.92. The third kappa shape index (κ3) is 4.60. The zero-order valence-electron chi connectivity index (χ0n) is 21.7. The number of ether oxygens (including phenoxy) is 3. The van der Waals surface area contributed by atoms with Crippen molar-refractivity contribution in [3.8, 4) is 22.9 Å². The molecule has 0 saturated carbocycles. The monoisotopic (exact) mass is 491 g/mol. The molecule has 1 aliphatic heterocycles. The third-order valence-corrected chi connectivity index (χ3v) is 6.33. The number of anilines is 2. The van der Waals surface area contributed by atoms with Crippen molar-refractivity contribution in [1.29, 1.82) is 0 Å². The number of methoxy groups -OCH3 is 2. The number of aromatic nitrogens is 3. The fourth-order valence-electron chi connectivity index (χ4n) is 4.49. The molecule has 0 amide bonds. The molecular weight excluding hydrogens is 458 g/mol. The molecule has 2 aromatic carbocycles. The molecule has 1 aromatic heterocycles. The summed E-state index contributed by atoms with van der Waals surface area (Å²) >= 11 is 0. The average Bonchev–Trinajstić information content (AvgIpc) is 3.32. The number of nitrogens with zero attached hydrogens (tertiary/aromatic N) is 4. The number of allylic oxidation sites excluding steroid dienone is 1. The molecule has 1 N–H and O–H groups in total. The molecule has 0 bridgehead atoms. The van der Waals surface area contributed by atoms with Crippen LogP contribution in [0, 0.1) is 0 Å². The Kier molecular flexibility index (Phi) is 7.47. The van der Waals surface area contributed by atoms with E-state index in [1.807, 2.05) is 37.3 Å². The SMILES string of the molecule is CCOC(=O)C1=C(C)Nc2nc(-c3ccc(OC)c(OC)c3)nn2C1c1ccc(N(CC)CC)cc1. The van der Waals surface area contributed by atoms with E-state index in [1.54, 1.807) is 25.8 Å². The first-order valence-corrected chi connectivity index (χ1v) is 12.1. The van der Waals surface area contributed by atoms with E-state index in [0.29, 0.717) is 34.5 Å². The summed E-state index contributed by atoms with van der Waals surface area (Å²) in [6, 6.07) is 13.3. The van der Waals surface area contributed by atoms with Crippen molar-refractivity contribution in [3.63, 3.8) is 0 Å². The summed E-state index contributed by atoms with van der Waals surface area (Å²) in [4.78, 5) is 20.1. The van der Waals surface area contributed by atoms with Crippen molar-refractivity contribution < 1.29 is 19.0 Å². The Balaban J connectivity index is 1.81. The van der Waals surface area contributed by atoms with E-state index in [4.69, 9.17) is 24.3 Å². The summed E-state index contributed by atoms with van der Waals surface area (Å²) in [5, 5.41) is 8.06. The second kappa shape index (κ2) is 10.7. The summed E-state index contributed by atoms with van der Waals surface area (Å²) in [5.74, 6) is 1.87. The van der Waals surface area contributed by atoms with Gasteiger partial charge in [-0.1, -0.05) is 12.1 Å². The van der Waals surface area contributed by atoms with Crippen LogP contribution >= 0.6 is 0 Å². The van der Waals surface area contributed by atoms with E-state index in [2.05, 4.69) is 36.2 Å². The summed E-state index contributed by atoms with van der Waals surface area (Å²) in [7, 11) is 3.18. The lowest BCUT2D eigenvalue weighted by atomic mass is 9.95. The molecule has 9 nitrogen and oxygen atoms in total. The Bertz CT molecular complexity index is 1260. The van der Waals surface area contributed by atoms with Gasteiger partial charge >= 0.3 is 5.97 Å². The van der Waals surface area contributed by atoms with Crippen molar-refractivity contribution in [1.82, 2.24) is 14.8 Å². The highest BCUT2D eigenvalue weighted by Gasteiger charge is 2.35. The minimum Gasteiger partial charge on any atom is -0.493 e. The molecule has 0 aliphatic carbocycles. The highest BCUT2D eigenvalue weighted by Crippen LogP contribution is 2.38. The molecule has 0 spiro atoms. The lowest BCUT2D eigenvalue weighted by Gasteiger charge is -2.28. The van der Waals surface area contributed by atoms with Crippen molar-refractivity contribution >= 4 is 17.6 Å². The van der Waals surface area contributed by atoms with Crippen molar-refractivity contribution in [2.24, 2.45) is 0 Å². The van der Waals surface area contributed by atoms with Gasteiger partial charge in [0.1, 0.15) is 6.04 Å². The Labute approximate surface area is 211 Å². The Hall–Kier alpha value is -4.01. The molecule has 4 rings (SSSR count). The summed E-state index contributed by atoms with van der Waals surface area (Å²) in [6.07, 6.45) is 0. The Morgan fingerprint density at radius 1 is 1.03 bits per heavy atom. The molecule has 190 valence electrons. The molecule has 0 fully saturated rings. The van der Waals surface area contributed by atoms with Crippen LogP contribution in [0.5, 0.6) is 11.5 Å². The Morgan fingerprint density at radius 2 is 1.72 bits per heavy atom. The van der Waals surface area contributed by atoms with Crippen LogP contribution in [0.3, 0.4) is 0 Å². The van der Waals surface area contributed by atoms with Crippen molar-refractivity contribution in [3.05, 3.63) is 59.3 Å². The molecule has 36 heavy (non-hydrogen) atoms. The van der Waals surface area contributed by atoms with E-state index in [-0.39, 0.29) is 12.6 Å². The number of fused-ring (bicyclic) bond motifs is 1. The minimum absolute atomic E-state index is 0.282. The lowest BCUT2D eigenvalue weighted by molar-refractivity contribution is -0.139. The lowest BCUT2D eigenvalue weighted by Crippen LogP contribution is -2.29. The summed E-state index contributed by atoms with van der Waals surface area (Å²) in [5.41, 5.74) is 4.00. The van der Waals surface area contributed by atoms with Crippen LogP contribution in [0.4, 0.5) is 11.6 Å². The normalized spacial score (nSPS) is 14.7. The first-order valence-electron chi connectivity index (χ1n) is 12.1. The number of carbonyl (C=O) groups is 1. The van der Waals surface area contributed by atoms with E-state index in [0.717, 1.165) is 29.9 Å². The van der Waals surface area contributed by atoms with Crippen molar-refractivity contribution in [2.45, 2.75) is 33.7 Å². The molecule has 0 radical (unpaired) electrons. The maximum atomic E-state index is 13.1. The largest absolute Gasteiger partial charge is 0.493 e. The maximum absolute atomic E-state index is 13.1. The number of hydrogen-bond acceptors (Lipinski definition) is 8. The first kappa shape index (κ1) is 25.1. The quantitative estimate of drug-likeness (QED) is 0.432. The van der Waals surface area contributed by atoms with Gasteiger partial charge in [0.25, 0.3) is 0 Å². The van der Waals surface area contributed by atoms with Crippen LogP contribution in [0.15, 0.2) is 53.7 Å². The second-order valence-electron chi connectivity index (χ2n) is 8.32. The molecule has 9 heteroatoms. The summed E-state index contributed by atoms with van der Waals surface area (Å²) < 4.78 is 18.0. The minimum atomic E-state index is -0.493. The van der Waals surface area contributed by atoms with Crippen LogP contribution in [-0.4, -0.2) is 54.6 Å². The molecular formula is C27H33N5O4. The molecule has 1 aliphatic rings. The number of benzene rings is 2. The standard InChI is InChI=1S/C27H33N5O4/c1-7-31(8-2)20-13-10-18(11-14-20)24-23(26(33)36-9-3)17(4)28-27-29-25(30-32(24)27)19-12-15-21(34-5)22(16-19)35-6/h10-16,24H,7-9H2,1-6H3,(H,28,29,30). The van der Waals surface area contributed by atoms with Gasteiger partial charge in [0, 0.05) is 30.0 Å². The molecule has 1 atom stereocenters. The van der Waals surface area contributed by atoms with E-state index < -0.39 is 6.04 Å². The number of esters is 1. The number of nitrogens with one attached hydrogen (secondary N) is 1. The number of hydrogen-bond donors (Lipinski definition) is 1. The van der Waals surface area contributed by atoms with E-state index in [9.17, 15) is 4.79 Å². The predicted octanol–water partition coefficient (Wildman–Crippen LogP) is 4.66. The number of rotatable bonds is 9. The molecule has 3 aromatic rings. The van der Waals surface area contributed by atoms with Crippen LogP contribution in [-0.2, 0) is 9.53 Å². The maximum Gasteiger partial charge on any atom is 0.338 e. The molecule has 1 unspecified atom stereocenters. The third-order valence-electron chi connectivity index (χ3n) is 6.33. The van der Waals surface area contributed by atoms with Crippen LogP contribution in [0.2, 0.25) is 0 Å². The van der Waals surface area contributed by atoms with Gasteiger partial charge in [-0.05, 0) is 63.6 Å². The van der Waals surface area contributed by atoms with Crippen LogP contribution in [0.1, 0.15) is 39.3 Å². The molecule has 2 heterocycles. The first-order chi connectivity index (χ1) is 17.4. The Morgan fingerprint density at radius 3 is 2.33 bits per heavy atom. The predicted molar refractivity (Wildman–Crippen MR) is 140 cm³/mol. The van der Waals surface area contributed by atoms with Gasteiger partial charge in [0.05, 0.1) is 26.4 Å².